The Morgan fingerprint density at radius 2 is 1.03 bits per heavy atom. The van der Waals surface area contributed by atoms with E-state index in [9.17, 15) is 14.7 Å². The Morgan fingerprint density at radius 1 is 0.647 bits per heavy atom. The van der Waals surface area contributed by atoms with Crippen LogP contribution in [-0.4, -0.2) is 23.0 Å². The zero-order valence-electron chi connectivity index (χ0n) is 18.8. The molecule has 4 nitrogen and oxygen atoms in total. The number of aliphatic carboxylic acids is 1. The van der Waals surface area contributed by atoms with Crippen LogP contribution >= 0.6 is 0 Å². The van der Waals surface area contributed by atoms with Crippen molar-refractivity contribution in [2.45, 2.75) is 24.3 Å². The second kappa shape index (κ2) is 10.6. The minimum Gasteiger partial charge on any atom is -0.480 e. The summed E-state index contributed by atoms with van der Waals surface area (Å²) in [7, 11) is 0. The van der Waals surface area contributed by atoms with E-state index in [-0.39, 0.29) is 18.7 Å². The Hall–Kier alpha value is -4.18. The van der Waals surface area contributed by atoms with Gasteiger partial charge in [-0.2, -0.15) is 0 Å². The lowest BCUT2D eigenvalue weighted by Crippen LogP contribution is -2.45. The van der Waals surface area contributed by atoms with Gasteiger partial charge in [0.15, 0.2) is 0 Å². The van der Waals surface area contributed by atoms with Crippen LogP contribution in [0.1, 0.15) is 28.7 Å². The van der Waals surface area contributed by atoms with Gasteiger partial charge in [-0.3, -0.25) is 4.79 Å². The number of carbonyl (C=O) groups is 2. The van der Waals surface area contributed by atoms with Crippen LogP contribution in [0.5, 0.6) is 0 Å². The first kappa shape index (κ1) is 23.0. The average Bonchev–Trinajstić information content (AvgIpc) is 2.89. The third-order valence-electron chi connectivity index (χ3n) is 6.14. The monoisotopic (exact) mass is 449 g/mol. The van der Waals surface area contributed by atoms with Crippen molar-refractivity contribution < 1.29 is 14.7 Å². The van der Waals surface area contributed by atoms with Crippen molar-refractivity contribution >= 4 is 11.9 Å². The lowest BCUT2D eigenvalue weighted by molar-refractivity contribution is -0.141. The van der Waals surface area contributed by atoms with Crippen LogP contribution in [0.25, 0.3) is 0 Å². The number of carboxylic acid groups (broad SMARTS) is 1. The first-order valence-corrected chi connectivity index (χ1v) is 11.3. The van der Waals surface area contributed by atoms with Gasteiger partial charge in [0.05, 0.1) is 5.41 Å². The number of carboxylic acids is 1. The number of rotatable bonds is 9. The van der Waals surface area contributed by atoms with Crippen LogP contribution in [0.2, 0.25) is 0 Å². The maximum Gasteiger partial charge on any atom is 0.326 e. The third kappa shape index (κ3) is 5.07. The fraction of sp³-hybridized carbons (Fsp3) is 0.133. The number of hydrogen-bond donors (Lipinski definition) is 2. The fourth-order valence-electron chi connectivity index (χ4n) is 4.51. The first-order chi connectivity index (χ1) is 16.6. The van der Waals surface area contributed by atoms with Gasteiger partial charge in [-0.1, -0.05) is 121 Å². The molecule has 0 aliphatic rings. The summed E-state index contributed by atoms with van der Waals surface area (Å²) in [6, 6.07) is 38.1. The minimum absolute atomic E-state index is 0.0730. The third-order valence-corrected chi connectivity index (χ3v) is 6.14. The highest BCUT2D eigenvalue weighted by atomic mass is 16.4. The summed E-state index contributed by atoms with van der Waals surface area (Å²) in [6.07, 6.45) is 0.292. The van der Waals surface area contributed by atoms with Gasteiger partial charge in [-0.25, -0.2) is 4.79 Å². The summed E-state index contributed by atoms with van der Waals surface area (Å²) in [6.45, 7) is 0. The van der Waals surface area contributed by atoms with E-state index in [0.717, 1.165) is 22.3 Å². The normalized spacial score (nSPS) is 12.0. The average molecular weight is 450 g/mol. The van der Waals surface area contributed by atoms with Gasteiger partial charge in [0.2, 0.25) is 5.91 Å². The summed E-state index contributed by atoms with van der Waals surface area (Å²) >= 11 is 0. The smallest absolute Gasteiger partial charge is 0.326 e. The molecule has 0 fully saturated rings. The molecular formula is C30H27NO3. The second-order valence-corrected chi connectivity index (χ2v) is 8.33. The first-order valence-electron chi connectivity index (χ1n) is 11.3. The molecule has 0 aromatic heterocycles. The quantitative estimate of drug-likeness (QED) is 0.344. The van der Waals surface area contributed by atoms with Crippen LogP contribution in [0, 0.1) is 0 Å². The molecule has 0 heterocycles. The topological polar surface area (TPSA) is 66.4 Å². The predicted molar refractivity (Wildman–Crippen MR) is 134 cm³/mol. The number of hydrogen-bond acceptors (Lipinski definition) is 2. The molecule has 1 amide bonds. The Labute approximate surface area is 199 Å². The van der Waals surface area contributed by atoms with Crippen molar-refractivity contribution in [1.82, 2.24) is 5.32 Å². The van der Waals surface area contributed by atoms with Crippen molar-refractivity contribution in [2.75, 3.05) is 0 Å². The molecule has 0 saturated heterocycles. The number of nitrogens with one attached hydrogen (secondary N) is 1. The molecule has 0 spiro atoms. The Kier molecular flexibility index (Phi) is 7.19. The van der Waals surface area contributed by atoms with E-state index in [1.165, 1.54) is 0 Å². The van der Waals surface area contributed by atoms with Crippen molar-refractivity contribution in [3.8, 4) is 0 Å². The van der Waals surface area contributed by atoms with E-state index in [1.54, 1.807) is 0 Å². The second-order valence-electron chi connectivity index (χ2n) is 8.33. The lowest BCUT2D eigenvalue weighted by atomic mass is 9.67. The van der Waals surface area contributed by atoms with Gasteiger partial charge in [0.25, 0.3) is 0 Å². The maximum atomic E-state index is 13.5. The van der Waals surface area contributed by atoms with Crippen molar-refractivity contribution in [2.24, 2.45) is 0 Å². The Morgan fingerprint density at radius 3 is 1.41 bits per heavy atom. The highest BCUT2D eigenvalue weighted by Crippen LogP contribution is 2.42. The highest BCUT2D eigenvalue weighted by molar-refractivity contribution is 5.85. The van der Waals surface area contributed by atoms with Crippen LogP contribution in [-0.2, 0) is 21.4 Å². The molecule has 0 aliphatic heterocycles. The van der Waals surface area contributed by atoms with Crippen LogP contribution in [0.15, 0.2) is 121 Å². The number of benzene rings is 4. The molecule has 4 rings (SSSR count). The summed E-state index contributed by atoms with van der Waals surface area (Å²) < 4.78 is 0. The van der Waals surface area contributed by atoms with Crippen molar-refractivity contribution in [3.63, 3.8) is 0 Å². The molecule has 0 saturated carbocycles. The van der Waals surface area contributed by atoms with E-state index in [1.807, 2.05) is 121 Å². The Bertz CT molecular complexity index is 1110. The standard InChI is InChI=1S/C30H27NO3/c32-28(31-27(29(33)34)21-23-13-5-1-6-14-23)22-30(24-15-7-2-8-16-24,25-17-9-3-10-18-25)26-19-11-4-12-20-26/h1-20,27H,21-22H2,(H,31,32)(H,33,34)/t27-/m0/s1. The molecule has 4 aromatic carbocycles. The van der Waals surface area contributed by atoms with E-state index in [4.69, 9.17) is 0 Å². The zero-order chi connectivity index (χ0) is 23.8. The summed E-state index contributed by atoms with van der Waals surface area (Å²) in [5.41, 5.74) is 2.99. The summed E-state index contributed by atoms with van der Waals surface area (Å²) in [4.78, 5) is 25.5. The molecular weight excluding hydrogens is 422 g/mol. The van der Waals surface area contributed by atoms with E-state index in [2.05, 4.69) is 5.32 Å². The van der Waals surface area contributed by atoms with Gasteiger partial charge >= 0.3 is 5.97 Å². The van der Waals surface area contributed by atoms with Gasteiger partial charge in [-0.05, 0) is 22.3 Å². The van der Waals surface area contributed by atoms with Gasteiger partial charge in [0, 0.05) is 12.8 Å². The molecule has 0 aliphatic carbocycles. The molecule has 1 atom stereocenters. The molecule has 0 bridgehead atoms. The molecule has 0 radical (unpaired) electrons. The lowest BCUT2D eigenvalue weighted by Gasteiger charge is -2.36. The number of amides is 1. The van der Waals surface area contributed by atoms with E-state index < -0.39 is 17.4 Å². The van der Waals surface area contributed by atoms with E-state index in [0.29, 0.717) is 0 Å². The van der Waals surface area contributed by atoms with E-state index >= 15 is 0 Å². The van der Waals surface area contributed by atoms with Gasteiger partial charge < -0.3 is 10.4 Å². The minimum atomic E-state index is -1.05. The van der Waals surface area contributed by atoms with Gasteiger partial charge in [-0.15, -0.1) is 0 Å². The highest BCUT2D eigenvalue weighted by Gasteiger charge is 2.39. The molecule has 4 aromatic rings. The Balaban J connectivity index is 1.74. The van der Waals surface area contributed by atoms with Gasteiger partial charge in [0.1, 0.15) is 6.04 Å². The SMILES string of the molecule is O=C(CC(c1ccccc1)(c1ccccc1)c1ccccc1)N[C@@H](Cc1ccccc1)C(=O)O. The largest absolute Gasteiger partial charge is 0.480 e. The van der Waals surface area contributed by atoms with Crippen molar-refractivity contribution in [3.05, 3.63) is 144 Å². The fourth-order valence-corrected chi connectivity index (χ4v) is 4.51. The van der Waals surface area contributed by atoms with Crippen LogP contribution in [0.4, 0.5) is 0 Å². The summed E-state index contributed by atoms with van der Waals surface area (Å²) in [5.74, 6) is -1.37. The molecule has 0 unspecified atom stereocenters. The zero-order valence-corrected chi connectivity index (χ0v) is 18.8. The van der Waals surface area contributed by atoms with Crippen LogP contribution in [0.3, 0.4) is 0 Å². The molecule has 170 valence electrons. The predicted octanol–water partition coefficient (Wildman–Crippen LogP) is 5.22. The molecule has 34 heavy (non-hydrogen) atoms. The number of carbonyl (C=O) groups excluding carboxylic acids is 1. The summed E-state index contributed by atoms with van der Waals surface area (Å²) in [5, 5.41) is 12.6. The van der Waals surface area contributed by atoms with Crippen LogP contribution < -0.4 is 5.32 Å². The maximum absolute atomic E-state index is 13.5. The molecule has 4 heteroatoms. The van der Waals surface area contributed by atoms with Crippen molar-refractivity contribution in [1.29, 1.82) is 0 Å². The molecule has 2 N–H and O–H groups in total.